The number of benzene rings is 2. The van der Waals surface area contributed by atoms with Gasteiger partial charge in [0.1, 0.15) is 5.82 Å². The third-order valence-corrected chi connectivity index (χ3v) is 5.40. The summed E-state index contributed by atoms with van der Waals surface area (Å²) in [5, 5.41) is 1.69. The first-order valence-corrected chi connectivity index (χ1v) is 8.83. The standard InChI is InChI=1S/C21H16ClFN2/c22-20-9-14(23)6-7-15(20)17-10-24-11-18(17)19-12-25-8-2-4-13-3-1-5-16(19)21(13)25/h1,3,5-7,9-12,24H,2,4,8H2. The molecule has 1 N–H and O–H groups in total. The predicted octanol–water partition coefficient (Wildman–Crippen LogP) is 6.04. The smallest absolute Gasteiger partial charge is 0.124 e. The van der Waals surface area contributed by atoms with E-state index in [1.54, 1.807) is 6.07 Å². The summed E-state index contributed by atoms with van der Waals surface area (Å²) in [6, 6.07) is 11.1. The fourth-order valence-corrected chi connectivity index (χ4v) is 4.26. The van der Waals surface area contributed by atoms with Crippen molar-refractivity contribution in [2.75, 3.05) is 0 Å². The molecule has 2 nitrogen and oxygen atoms in total. The lowest BCUT2D eigenvalue weighted by atomic mass is 9.97. The van der Waals surface area contributed by atoms with E-state index < -0.39 is 0 Å². The van der Waals surface area contributed by atoms with E-state index in [4.69, 9.17) is 11.6 Å². The van der Waals surface area contributed by atoms with Crippen molar-refractivity contribution in [2.24, 2.45) is 0 Å². The summed E-state index contributed by atoms with van der Waals surface area (Å²) >= 11 is 6.31. The van der Waals surface area contributed by atoms with Gasteiger partial charge in [0.05, 0.1) is 10.5 Å². The van der Waals surface area contributed by atoms with Crippen molar-refractivity contribution in [3.05, 3.63) is 71.4 Å². The molecule has 3 heterocycles. The van der Waals surface area contributed by atoms with Gasteiger partial charge in [-0.15, -0.1) is 0 Å². The van der Waals surface area contributed by atoms with E-state index in [0.29, 0.717) is 5.02 Å². The maximum Gasteiger partial charge on any atom is 0.124 e. The average molecular weight is 351 g/mol. The highest BCUT2D eigenvalue weighted by Gasteiger charge is 2.20. The molecule has 0 radical (unpaired) electrons. The highest BCUT2D eigenvalue weighted by molar-refractivity contribution is 6.33. The topological polar surface area (TPSA) is 20.7 Å². The molecule has 4 aromatic rings. The number of aromatic nitrogens is 2. The van der Waals surface area contributed by atoms with Gasteiger partial charge in [-0.05, 0) is 36.6 Å². The summed E-state index contributed by atoms with van der Waals surface area (Å²) in [4.78, 5) is 3.20. The second kappa shape index (κ2) is 5.50. The number of aryl methyl sites for hydroxylation is 2. The Kier molecular flexibility index (Phi) is 3.25. The molecule has 1 aliphatic heterocycles. The SMILES string of the molecule is Fc1ccc(-c2c[nH]cc2-c2cn3c4c(cccc24)CCC3)c(Cl)c1. The number of hydrogen-bond acceptors (Lipinski definition) is 0. The first-order chi connectivity index (χ1) is 12.2. The minimum atomic E-state index is -0.321. The number of nitrogens with zero attached hydrogens (tertiary/aromatic N) is 1. The van der Waals surface area contributed by atoms with Crippen LogP contribution in [-0.2, 0) is 13.0 Å². The normalized spacial score (nSPS) is 13.5. The van der Waals surface area contributed by atoms with Crippen molar-refractivity contribution in [2.45, 2.75) is 19.4 Å². The van der Waals surface area contributed by atoms with Gasteiger partial charge in [0.15, 0.2) is 0 Å². The Morgan fingerprint density at radius 2 is 1.84 bits per heavy atom. The molecule has 0 saturated heterocycles. The summed E-state index contributed by atoms with van der Waals surface area (Å²) in [5.41, 5.74) is 6.86. The Balaban J connectivity index is 1.76. The van der Waals surface area contributed by atoms with Gasteiger partial charge in [-0.2, -0.15) is 0 Å². The van der Waals surface area contributed by atoms with Crippen LogP contribution in [0.15, 0.2) is 55.0 Å². The molecule has 0 saturated carbocycles. The molecule has 0 bridgehead atoms. The zero-order valence-electron chi connectivity index (χ0n) is 13.5. The molecule has 0 spiro atoms. The summed E-state index contributed by atoms with van der Waals surface area (Å²) in [5.74, 6) is -0.321. The molecule has 0 aliphatic carbocycles. The van der Waals surface area contributed by atoms with Crippen molar-refractivity contribution in [3.63, 3.8) is 0 Å². The van der Waals surface area contributed by atoms with Crippen LogP contribution in [0.5, 0.6) is 0 Å². The van der Waals surface area contributed by atoms with Crippen molar-refractivity contribution in [1.29, 1.82) is 0 Å². The molecule has 124 valence electrons. The number of halogens is 2. The Bertz CT molecular complexity index is 1110. The van der Waals surface area contributed by atoms with Crippen molar-refractivity contribution >= 4 is 22.5 Å². The van der Waals surface area contributed by atoms with Gasteiger partial charge in [-0.1, -0.05) is 29.8 Å². The number of para-hydroxylation sites is 1. The van der Waals surface area contributed by atoms with Gasteiger partial charge in [0.2, 0.25) is 0 Å². The van der Waals surface area contributed by atoms with Crippen molar-refractivity contribution in [3.8, 4) is 22.3 Å². The van der Waals surface area contributed by atoms with Crippen LogP contribution >= 0.6 is 11.6 Å². The van der Waals surface area contributed by atoms with Gasteiger partial charge in [0, 0.05) is 52.8 Å². The fourth-order valence-electron chi connectivity index (χ4n) is 3.99. The molecule has 25 heavy (non-hydrogen) atoms. The molecular formula is C21H16ClFN2. The summed E-state index contributed by atoms with van der Waals surface area (Å²) < 4.78 is 15.8. The number of nitrogens with one attached hydrogen (secondary N) is 1. The molecular weight excluding hydrogens is 335 g/mol. The number of H-pyrrole nitrogens is 1. The average Bonchev–Trinajstić information content (AvgIpc) is 3.21. The molecule has 0 amide bonds. The number of rotatable bonds is 2. The fraction of sp³-hybridized carbons (Fsp3) is 0.143. The van der Waals surface area contributed by atoms with Crippen LogP contribution in [0.2, 0.25) is 5.02 Å². The molecule has 2 aromatic carbocycles. The van der Waals surface area contributed by atoms with Crippen LogP contribution < -0.4 is 0 Å². The molecule has 4 heteroatoms. The third-order valence-electron chi connectivity index (χ3n) is 5.08. The van der Waals surface area contributed by atoms with Crippen LogP contribution in [0.3, 0.4) is 0 Å². The minimum absolute atomic E-state index is 0.321. The Morgan fingerprint density at radius 3 is 2.68 bits per heavy atom. The van der Waals surface area contributed by atoms with Crippen molar-refractivity contribution < 1.29 is 4.39 Å². The van der Waals surface area contributed by atoms with Gasteiger partial charge in [0.25, 0.3) is 0 Å². The summed E-state index contributed by atoms with van der Waals surface area (Å²) in [6.07, 6.45) is 8.46. The van der Waals surface area contributed by atoms with E-state index in [9.17, 15) is 4.39 Å². The maximum atomic E-state index is 13.4. The van der Waals surface area contributed by atoms with Crippen LogP contribution in [0.1, 0.15) is 12.0 Å². The van der Waals surface area contributed by atoms with Crippen LogP contribution in [-0.4, -0.2) is 9.55 Å². The van der Waals surface area contributed by atoms with Crippen LogP contribution in [0.4, 0.5) is 4.39 Å². The van der Waals surface area contributed by atoms with Gasteiger partial charge in [-0.3, -0.25) is 0 Å². The minimum Gasteiger partial charge on any atom is -0.366 e. The second-order valence-electron chi connectivity index (χ2n) is 6.56. The maximum absolute atomic E-state index is 13.4. The Morgan fingerprint density at radius 1 is 1.00 bits per heavy atom. The molecule has 0 fully saturated rings. The number of aromatic amines is 1. The van der Waals surface area contributed by atoms with E-state index in [0.717, 1.165) is 29.7 Å². The van der Waals surface area contributed by atoms with Gasteiger partial charge in [-0.25, -0.2) is 4.39 Å². The lowest BCUT2D eigenvalue weighted by molar-refractivity contribution is 0.628. The van der Waals surface area contributed by atoms with Crippen LogP contribution in [0, 0.1) is 5.82 Å². The third kappa shape index (κ3) is 2.23. The zero-order valence-corrected chi connectivity index (χ0v) is 14.3. The quantitative estimate of drug-likeness (QED) is 0.455. The van der Waals surface area contributed by atoms with Crippen molar-refractivity contribution in [1.82, 2.24) is 9.55 Å². The van der Waals surface area contributed by atoms with E-state index in [1.165, 1.54) is 40.6 Å². The molecule has 2 aromatic heterocycles. The molecule has 1 aliphatic rings. The van der Waals surface area contributed by atoms with E-state index in [1.807, 2.05) is 12.4 Å². The number of hydrogen-bond donors (Lipinski definition) is 1. The highest BCUT2D eigenvalue weighted by Crippen LogP contribution is 2.41. The second-order valence-corrected chi connectivity index (χ2v) is 6.97. The summed E-state index contributed by atoms with van der Waals surface area (Å²) in [6.45, 7) is 1.05. The van der Waals surface area contributed by atoms with Gasteiger partial charge < -0.3 is 9.55 Å². The Hall–Kier alpha value is -2.52. The summed E-state index contributed by atoms with van der Waals surface area (Å²) in [7, 11) is 0. The van der Waals surface area contributed by atoms with E-state index >= 15 is 0 Å². The van der Waals surface area contributed by atoms with E-state index in [-0.39, 0.29) is 5.82 Å². The van der Waals surface area contributed by atoms with Crippen LogP contribution in [0.25, 0.3) is 33.2 Å². The Labute approximate surface area is 149 Å². The predicted molar refractivity (Wildman–Crippen MR) is 100 cm³/mol. The monoisotopic (exact) mass is 350 g/mol. The molecule has 0 unspecified atom stereocenters. The lowest BCUT2D eigenvalue weighted by Gasteiger charge is -2.14. The zero-order chi connectivity index (χ0) is 17.0. The first kappa shape index (κ1) is 14.8. The lowest BCUT2D eigenvalue weighted by Crippen LogP contribution is -2.05. The molecule has 5 rings (SSSR count). The van der Waals surface area contributed by atoms with E-state index in [2.05, 4.69) is 33.9 Å². The van der Waals surface area contributed by atoms with Gasteiger partial charge >= 0.3 is 0 Å². The molecule has 0 atom stereocenters. The first-order valence-electron chi connectivity index (χ1n) is 8.45. The largest absolute Gasteiger partial charge is 0.366 e. The highest BCUT2D eigenvalue weighted by atomic mass is 35.5.